The quantitative estimate of drug-likeness (QED) is 0.0848. The number of ether oxygens (including phenoxy) is 1. The normalized spacial score (nSPS) is 29.3. The maximum atomic E-state index is 15.2. The zero-order valence-corrected chi connectivity index (χ0v) is 27.2. The number of amides is 4. The molecule has 8 nitrogen and oxygen atoms in total. The van der Waals surface area contributed by atoms with E-state index < -0.39 is 105 Å². The predicted octanol–water partition coefficient (Wildman–Crippen LogP) is 5.58. The highest BCUT2D eigenvalue weighted by Gasteiger charge is 2.77. The molecule has 3 heterocycles. The molecule has 0 radical (unpaired) electrons. The molecule has 2 aromatic carbocycles. The van der Waals surface area contributed by atoms with Crippen LogP contribution in [0.15, 0.2) is 53.4 Å². The molecule has 3 fully saturated rings. The zero-order valence-electron chi connectivity index (χ0n) is 24.9. The number of halogens is 7. The van der Waals surface area contributed by atoms with Gasteiger partial charge in [0.1, 0.15) is 18.0 Å². The first-order valence-corrected chi connectivity index (χ1v) is 16.6. The maximum Gasteiger partial charge on any atom is 0.258 e. The lowest BCUT2D eigenvalue weighted by atomic mass is 9.56. The fourth-order valence-corrected chi connectivity index (χ4v) is 9.32. The van der Waals surface area contributed by atoms with Gasteiger partial charge in [-0.25, -0.2) is 26.9 Å². The van der Waals surface area contributed by atoms with Crippen LogP contribution in [-0.2, 0) is 25.7 Å². The van der Waals surface area contributed by atoms with Crippen LogP contribution in [0.1, 0.15) is 29.2 Å². The molecule has 0 bridgehead atoms. The molecule has 2 aliphatic carbocycles. The molecule has 2 aliphatic heterocycles. The van der Waals surface area contributed by atoms with Crippen LogP contribution >= 0.6 is 34.5 Å². The van der Waals surface area contributed by atoms with Crippen molar-refractivity contribution in [2.75, 3.05) is 18.1 Å². The number of nitrogens with zero attached hydrogens (tertiary/aromatic N) is 2. The minimum atomic E-state index is -2.68. The van der Waals surface area contributed by atoms with Gasteiger partial charge in [0.2, 0.25) is 17.6 Å². The van der Waals surface area contributed by atoms with E-state index in [4.69, 9.17) is 27.9 Å². The van der Waals surface area contributed by atoms with E-state index in [-0.39, 0.29) is 35.8 Å². The van der Waals surface area contributed by atoms with Gasteiger partial charge < -0.3 is 9.84 Å². The molecule has 0 spiro atoms. The standard InChI is InChI=1S/C33H23Cl2F5N2O6S/c34-32-12-18-15(7-8-17-20(18)29(45)41(28(17)44)13-14-4-3-11-49-14)21(16-5-1-2-6-19(16)48-10-9-43)33(32,35)31(47)42(30(32)46)27-25(39)23(37)22(36)24(38)26(27)40/h1-7,11,17-18,20-21,43H,8-10,12-13H2. The number of carbonyl (C=O) groups excluding carboxylic acids is 4. The number of likely N-dealkylation sites (tertiary alicyclic amines) is 1. The number of aliphatic hydroxyl groups is 1. The monoisotopic (exact) mass is 740 g/mol. The highest BCUT2D eigenvalue weighted by Crippen LogP contribution is 2.66. The Balaban J connectivity index is 1.42. The third kappa shape index (κ3) is 4.56. The number of carbonyl (C=O) groups is 4. The number of hydrogen-bond acceptors (Lipinski definition) is 7. The number of anilines is 1. The van der Waals surface area contributed by atoms with Crippen molar-refractivity contribution >= 4 is 63.9 Å². The number of benzene rings is 2. The fourth-order valence-electron chi connectivity index (χ4n) is 7.70. The molecule has 3 aromatic rings. The fraction of sp³-hybridized carbons (Fsp3) is 0.333. The minimum Gasteiger partial charge on any atom is -0.491 e. The highest BCUT2D eigenvalue weighted by molar-refractivity contribution is 7.09. The van der Waals surface area contributed by atoms with Gasteiger partial charge >= 0.3 is 0 Å². The summed E-state index contributed by atoms with van der Waals surface area (Å²) in [6, 6.07) is 9.54. The van der Waals surface area contributed by atoms with E-state index in [1.807, 2.05) is 0 Å². The first kappa shape index (κ1) is 33.6. The second-order valence-corrected chi connectivity index (χ2v) is 14.4. The lowest BCUT2D eigenvalue weighted by Crippen LogP contribution is -2.60. The second-order valence-electron chi connectivity index (χ2n) is 12.1. The van der Waals surface area contributed by atoms with E-state index in [1.54, 1.807) is 29.7 Å². The van der Waals surface area contributed by atoms with Gasteiger partial charge in [0, 0.05) is 16.4 Å². The van der Waals surface area contributed by atoms with Crippen LogP contribution in [-0.4, -0.2) is 56.6 Å². The van der Waals surface area contributed by atoms with Gasteiger partial charge in [-0.15, -0.1) is 34.5 Å². The molecule has 1 N–H and O–H groups in total. The number of fused-ring (bicyclic) bond motifs is 4. The van der Waals surface area contributed by atoms with Gasteiger partial charge in [0.25, 0.3) is 11.8 Å². The lowest BCUT2D eigenvalue weighted by Gasteiger charge is -2.51. The van der Waals surface area contributed by atoms with Crippen LogP contribution in [0.4, 0.5) is 27.6 Å². The molecule has 7 rings (SSSR count). The van der Waals surface area contributed by atoms with Crippen LogP contribution < -0.4 is 9.64 Å². The Morgan fingerprint density at radius 3 is 2.20 bits per heavy atom. The van der Waals surface area contributed by atoms with Crippen LogP contribution in [0.3, 0.4) is 0 Å². The van der Waals surface area contributed by atoms with E-state index >= 15 is 8.78 Å². The Hall–Kier alpha value is -3.85. The van der Waals surface area contributed by atoms with Crippen molar-refractivity contribution in [2.45, 2.75) is 35.1 Å². The summed E-state index contributed by atoms with van der Waals surface area (Å²) in [5.74, 6) is -20.9. The Labute approximate surface area is 288 Å². The predicted molar refractivity (Wildman–Crippen MR) is 165 cm³/mol. The van der Waals surface area contributed by atoms with Crippen molar-refractivity contribution in [3.63, 3.8) is 0 Å². The van der Waals surface area contributed by atoms with Gasteiger partial charge in [-0.3, -0.25) is 24.1 Å². The Morgan fingerprint density at radius 1 is 0.878 bits per heavy atom. The van der Waals surface area contributed by atoms with E-state index in [9.17, 15) is 37.5 Å². The summed E-state index contributed by atoms with van der Waals surface area (Å²) in [5, 5.41) is 11.2. The number of aliphatic hydroxyl groups excluding tert-OH is 1. The molecule has 16 heteroatoms. The van der Waals surface area contributed by atoms with Crippen molar-refractivity contribution in [1.82, 2.24) is 4.90 Å². The largest absolute Gasteiger partial charge is 0.491 e. The first-order chi connectivity index (χ1) is 23.3. The maximum absolute atomic E-state index is 15.2. The second kappa shape index (κ2) is 11.9. The summed E-state index contributed by atoms with van der Waals surface area (Å²) in [4.78, 5) is 52.7. The smallest absolute Gasteiger partial charge is 0.258 e. The van der Waals surface area contributed by atoms with Gasteiger partial charge in [-0.05, 0) is 36.3 Å². The molecule has 6 atom stereocenters. The van der Waals surface area contributed by atoms with Crippen LogP contribution in [0.2, 0.25) is 0 Å². The third-order valence-electron chi connectivity index (χ3n) is 9.79. The third-order valence-corrected chi connectivity index (χ3v) is 12.1. The van der Waals surface area contributed by atoms with E-state index in [1.165, 1.54) is 29.5 Å². The van der Waals surface area contributed by atoms with Crippen molar-refractivity contribution in [2.24, 2.45) is 17.8 Å². The van der Waals surface area contributed by atoms with E-state index in [0.29, 0.717) is 5.57 Å². The summed E-state index contributed by atoms with van der Waals surface area (Å²) >= 11 is 15.7. The highest BCUT2D eigenvalue weighted by atomic mass is 35.5. The summed E-state index contributed by atoms with van der Waals surface area (Å²) in [6.45, 7) is -0.670. The molecule has 1 saturated carbocycles. The number of hydrogen-bond donors (Lipinski definition) is 1. The van der Waals surface area contributed by atoms with Gasteiger partial charge in [0.05, 0.1) is 25.0 Å². The van der Waals surface area contributed by atoms with E-state index in [0.717, 1.165) is 9.78 Å². The van der Waals surface area contributed by atoms with Crippen molar-refractivity contribution < 1.29 is 51.0 Å². The lowest BCUT2D eigenvalue weighted by molar-refractivity contribution is -0.141. The topological polar surface area (TPSA) is 104 Å². The zero-order chi connectivity index (χ0) is 35.2. The Morgan fingerprint density at radius 2 is 1.55 bits per heavy atom. The van der Waals surface area contributed by atoms with Gasteiger partial charge in [-0.2, -0.15) is 0 Å². The molecule has 6 unspecified atom stereocenters. The minimum absolute atomic E-state index is 0.0114. The Kier molecular flexibility index (Phi) is 8.16. The van der Waals surface area contributed by atoms with Crippen molar-refractivity contribution in [1.29, 1.82) is 0 Å². The van der Waals surface area contributed by atoms with E-state index in [2.05, 4.69) is 0 Å². The van der Waals surface area contributed by atoms with Gasteiger partial charge in [0.15, 0.2) is 33.0 Å². The van der Waals surface area contributed by atoms with Crippen molar-refractivity contribution in [3.05, 3.63) is 93.0 Å². The molecular weight excluding hydrogens is 718 g/mol. The SMILES string of the molecule is O=C1C2CC=C3C(CC4(Cl)C(=O)N(c5c(F)c(F)c(F)c(F)c5F)C(=O)C4(Cl)C3c3ccccc3OCCO)C2C(=O)N1Cc1cccs1. The van der Waals surface area contributed by atoms with Crippen LogP contribution in [0, 0.1) is 46.8 Å². The number of para-hydroxylation sites is 1. The Bertz CT molecular complexity index is 1950. The molecule has 2 saturated heterocycles. The number of alkyl halides is 2. The average Bonchev–Trinajstić information content (AvgIpc) is 3.73. The number of imide groups is 2. The molecule has 4 amide bonds. The number of allylic oxidation sites excluding steroid dienone is 2. The van der Waals surface area contributed by atoms with Crippen LogP contribution in [0.5, 0.6) is 5.75 Å². The number of thiophene rings is 1. The summed E-state index contributed by atoms with van der Waals surface area (Å²) in [5.41, 5.74) is -1.43. The first-order valence-electron chi connectivity index (χ1n) is 15.0. The number of rotatable bonds is 7. The molecule has 1 aromatic heterocycles. The molecule has 256 valence electrons. The summed E-state index contributed by atoms with van der Waals surface area (Å²) < 4.78 is 79.1. The summed E-state index contributed by atoms with van der Waals surface area (Å²) in [7, 11) is 0. The molecule has 49 heavy (non-hydrogen) atoms. The van der Waals surface area contributed by atoms with Gasteiger partial charge in [-0.1, -0.05) is 35.9 Å². The van der Waals surface area contributed by atoms with Crippen LogP contribution in [0.25, 0.3) is 0 Å². The van der Waals surface area contributed by atoms with Crippen molar-refractivity contribution in [3.8, 4) is 5.75 Å². The molecule has 4 aliphatic rings. The summed E-state index contributed by atoms with van der Waals surface area (Å²) in [6.07, 6.45) is 1.02. The average molecular weight is 742 g/mol. The molecular formula is C33H23Cl2F5N2O6S.